The fourth-order valence-corrected chi connectivity index (χ4v) is 4.36. The van der Waals surface area contributed by atoms with Gasteiger partial charge in [-0.3, -0.25) is 0 Å². The van der Waals surface area contributed by atoms with E-state index in [1.165, 1.54) is 54.9 Å². The standard InChI is InChI=1S/C25H28ClNO/c26-21-10-7-8-19(16-21)18-28-25-15-14-20-9-5-6-13-23(20)24(25)17-27-22-11-3-1-2-4-12-22/h5-10,13-16,22,27H,1-4,11-12,17-18H2. The van der Waals surface area contributed by atoms with E-state index in [1.807, 2.05) is 18.2 Å². The average Bonchev–Trinajstić information content (AvgIpc) is 3.00. The molecule has 0 saturated heterocycles. The molecule has 28 heavy (non-hydrogen) atoms. The van der Waals surface area contributed by atoms with Gasteiger partial charge in [0.25, 0.3) is 0 Å². The topological polar surface area (TPSA) is 21.3 Å². The summed E-state index contributed by atoms with van der Waals surface area (Å²) >= 11 is 6.12. The molecule has 0 unspecified atom stereocenters. The molecule has 146 valence electrons. The molecule has 1 aliphatic carbocycles. The molecule has 1 N–H and O–H groups in total. The first-order chi connectivity index (χ1) is 13.8. The molecule has 0 amide bonds. The van der Waals surface area contributed by atoms with E-state index in [-0.39, 0.29) is 0 Å². The van der Waals surface area contributed by atoms with Crippen molar-refractivity contribution in [3.63, 3.8) is 0 Å². The van der Waals surface area contributed by atoms with Crippen LogP contribution in [0.3, 0.4) is 0 Å². The lowest BCUT2D eigenvalue weighted by atomic mass is 10.0. The smallest absolute Gasteiger partial charge is 0.124 e. The highest BCUT2D eigenvalue weighted by Gasteiger charge is 2.14. The maximum absolute atomic E-state index is 6.25. The van der Waals surface area contributed by atoms with Crippen LogP contribution in [0, 0.1) is 0 Å². The summed E-state index contributed by atoms with van der Waals surface area (Å²) in [7, 11) is 0. The van der Waals surface area contributed by atoms with Crippen LogP contribution in [0.15, 0.2) is 60.7 Å². The summed E-state index contributed by atoms with van der Waals surface area (Å²) in [6.07, 6.45) is 7.99. The molecule has 0 bridgehead atoms. The maximum atomic E-state index is 6.25. The highest BCUT2D eigenvalue weighted by molar-refractivity contribution is 6.30. The van der Waals surface area contributed by atoms with Crippen LogP contribution in [0.25, 0.3) is 10.8 Å². The van der Waals surface area contributed by atoms with E-state index in [1.54, 1.807) is 0 Å². The molecule has 0 atom stereocenters. The van der Waals surface area contributed by atoms with Crippen molar-refractivity contribution in [2.75, 3.05) is 0 Å². The SMILES string of the molecule is Clc1cccc(COc2ccc3ccccc3c2CNC2CCCCCC2)c1. The van der Waals surface area contributed by atoms with Crippen LogP contribution < -0.4 is 10.1 Å². The van der Waals surface area contributed by atoms with Crippen molar-refractivity contribution in [1.29, 1.82) is 0 Å². The summed E-state index contributed by atoms with van der Waals surface area (Å²) in [5.41, 5.74) is 2.34. The molecule has 3 aromatic carbocycles. The monoisotopic (exact) mass is 393 g/mol. The van der Waals surface area contributed by atoms with Gasteiger partial charge in [0.05, 0.1) is 0 Å². The second-order valence-electron chi connectivity index (χ2n) is 7.75. The molecule has 1 fully saturated rings. The van der Waals surface area contributed by atoms with E-state index in [9.17, 15) is 0 Å². The molecular formula is C25H28ClNO. The maximum Gasteiger partial charge on any atom is 0.124 e. The first-order valence-corrected chi connectivity index (χ1v) is 10.8. The number of hydrogen-bond donors (Lipinski definition) is 1. The molecule has 0 heterocycles. The Hall–Kier alpha value is -2.03. The molecule has 0 aliphatic heterocycles. The number of halogens is 1. The van der Waals surface area contributed by atoms with Crippen molar-refractivity contribution in [1.82, 2.24) is 5.32 Å². The minimum absolute atomic E-state index is 0.523. The number of benzene rings is 3. The zero-order chi connectivity index (χ0) is 19.2. The number of rotatable bonds is 6. The van der Waals surface area contributed by atoms with Gasteiger partial charge < -0.3 is 10.1 Å². The normalized spacial score (nSPS) is 15.5. The number of hydrogen-bond acceptors (Lipinski definition) is 2. The van der Waals surface area contributed by atoms with Gasteiger partial charge in [0.1, 0.15) is 12.4 Å². The third kappa shape index (κ3) is 4.87. The lowest BCUT2D eigenvalue weighted by Gasteiger charge is -2.19. The summed E-state index contributed by atoms with van der Waals surface area (Å²) < 4.78 is 6.25. The van der Waals surface area contributed by atoms with Crippen LogP contribution in [0.5, 0.6) is 5.75 Å². The van der Waals surface area contributed by atoms with E-state index in [2.05, 4.69) is 47.8 Å². The molecule has 0 spiro atoms. The average molecular weight is 394 g/mol. The Kier molecular flexibility index (Phi) is 6.51. The van der Waals surface area contributed by atoms with Gasteiger partial charge in [-0.2, -0.15) is 0 Å². The Morgan fingerprint density at radius 1 is 0.893 bits per heavy atom. The highest BCUT2D eigenvalue weighted by atomic mass is 35.5. The Bertz CT molecular complexity index is 915. The van der Waals surface area contributed by atoms with E-state index in [0.29, 0.717) is 12.6 Å². The fraction of sp³-hybridized carbons (Fsp3) is 0.360. The first kappa shape index (κ1) is 19.3. The van der Waals surface area contributed by atoms with Crippen molar-refractivity contribution in [3.8, 4) is 5.75 Å². The zero-order valence-corrected chi connectivity index (χ0v) is 17.0. The zero-order valence-electron chi connectivity index (χ0n) is 16.3. The number of fused-ring (bicyclic) bond motifs is 1. The van der Waals surface area contributed by atoms with Gasteiger partial charge in [-0.05, 0) is 47.4 Å². The molecule has 1 aliphatic rings. The van der Waals surface area contributed by atoms with E-state index in [4.69, 9.17) is 16.3 Å². The van der Waals surface area contributed by atoms with Crippen molar-refractivity contribution in [2.24, 2.45) is 0 Å². The number of nitrogens with one attached hydrogen (secondary N) is 1. The van der Waals surface area contributed by atoms with Gasteiger partial charge in [0.15, 0.2) is 0 Å². The summed E-state index contributed by atoms with van der Waals surface area (Å²) in [6, 6.07) is 21.3. The summed E-state index contributed by atoms with van der Waals surface area (Å²) in [4.78, 5) is 0. The molecule has 2 nitrogen and oxygen atoms in total. The largest absolute Gasteiger partial charge is 0.489 e. The van der Waals surface area contributed by atoms with E-state index < -0.39 is 0 Å². The predicted octanol–water partition coefficient (Wildman–Crippen LogP) is 6.88. The summed E-state index contributed by atoms with van der Waals surface area (Å²) in [5.74, 6) is 0.958. The van der Waals surface area contributed by atoms with Crippen LogP contribution in [0.4, 0.5) is 0 Å². The minimum atomic E-state index is 0.523. The van der Waals surface area contributed by atoms with Gasteiger partial charge in [-0.15, -0.1) is 0 Å². The van der Waals surface area contributed by atoms with Gasteiger partial charge in [0.2, 0.25) is 0 Å². The Morgan fingerprint density at radius 2 is 1.71 bits per heavy atom. The summed E-state index contributed by atoms with van der Waals surface area (Å²) in [6.45, 7) is 1.37. The molecule has 0 radical (unpaired) electrons. The van der Waals surface area contributed by atoms with E-state index >= 15 is 0 Å². The summed E-state index contributed by atoms with van der Waals surface area (Å²) in [5, 5.41) is 7.09. The Balaban J connectivity index is 1.55. The van der Waals surface area contributed by atoms with Crippen LogP contribution in [-0.4, -0.2) is 6.04 Å². The second-order valence-corrected chi connectivity index (χ2v) is 8.19. The number of ether oxygens (including phenoxy) is 1. The molecular weight excluding hydrogens is 366 g/mol. The van der Waals surface area contributed by atoms with Crippen LogP contribution in [0.1, 0.15) is 49.7 Å². The third-order valence-corrected chi connectivity index (χ3v) is 5.94. The molecule has 0 aromatic heterocycles. The van der Waals surface area contributed by atoms with Crippen LogP contribution in [0.2, 0.25) is 5.02 Å². The van der Waals surface area contributed by atoms with Crippen LogP contribution >= 0.6 is 11.6 Å². The minimum Gasteiger partial charge on any atom is -0.489 e. The van der Waals surface area contributed by atoms with Gasteiger partial charge in [-0.25, -0.2) is 0 Å². The van der Waals surface area contributed by atoms with Gasteiger partial charge in [-0.1, -0.05) is 79.7 Å². The van der Waals surface area contributed by atoms with Crippen molar-refractivity contribution >= 4 is 22.4 Å². The van der Waals surface area contributed by atoms with Gasteiger partial charge >= 0.3 is 0 Å². The highest BCUT2D eigenvalue weighted by Crippen LogP contribution is 2.29. The second kappa shape index (κ2) is 9.45. The van der Waals surface area contributed by atoms with Crippen molar-refractivity contribution in [3.05, 3.63) is 76.8 Å². The predicted molar refractivity (Wildman–Crippen MR) is 118 cm³/mol. The quantitative estimate of drug-likeness (QED) is 0.460. The van der Waals surface area contributed by atoms with Gasteiger partial charge in [0, 0.05) is 23.2 Å². The Labute approximate surface area is 172 Å². The molecule has 1 saturated carbocycles. The first-order valence-electron chi connectivity index (χ1n) is 10.4. The molecule has 4 rings (SSSR count). The fourth-order valence-electron chi connectivity index (χ4n) is 4.15. The third-order valence-electron chi connectivity index (χ3n) is 5.70. The van der Waals surface area contributed by atoms with E-state index in [0.717, 1.165) is 22.9 Å². The van der Waals surface area contributed by atoms with Crippen molar-refractivity contribution in [2.45, 2.75) is 57.7 Å². The lowest BCUT2D eigenvalue weighted by molar-refractivity contribution is 0.302. The Morgan fingerprint density at radius 3 is 2.54 bits per heavy atom. The lowest BCUT2D eigenvalue weighted by Crippen LogP contribution is -2.28. The van der Waals surface area contributed by atoms with Crippen molar-refractivity contribution < 1.29 is 4.74 Å². The molecule has 3 aromatic rings. The molecule has 3 heteroatoms. The van der Waals surface area contributed by atoms with Crippen LogP contribution in [-0.2, 0) is 13.2 Å².